The first kappa shape index (κ1) is 15.9. The van der Waals surface area contributed by atoms with E-state index in [0.717, 1.165) is 5.32 Å². The van der Waals surface area contributed by atoms with Gasteiger partial charge in [-0.15, -0.1) is 0 Å². The van der Waals surface area contributed by atoms with Crippen LogP contribution in [0, 0.1) is 0 Å². The number of esters is 1. The van der Waals surface area contributed by atoms with Gasteiger partial charge in [0.1, 0.15) is 6.04 Å². The molecule has 1 N–H and O–H groups in total. The van der Waals surface area contributed by atoms with Gasteiger partial charge >= 0.3 is 24.0 Å². The van der Waals surface area contributed by atoms with Crippen molar-refractivity contribution in [1.82, 2.24) is 5.32 Å². The van der Waals surface area contributed by atoms with Gasteiger partial charge in [-0.05, 0) is 6.92 Å². The Labute approximate surface area is 100 Å². The summed E-state index contributed by atoms with van der Waals surface area (Å²) in [6.07, 6.45) is -13.6. The Morgan fingerprint density at radius 3 is 1.79 bits per heavy atom. The Kier molecular flexibility index (Phi) is 3.51. The van der Waals surface area contributed by atoms with E-state index in [4.69, 9.17) is 0 Å². The topological polar surface area (TPSA) is 38.3 Å². The van der Waals surface area contributed by atoms with Crippen molar-refractivity contribution in [2.24, 2.45) is 0 Å². The first-order chi connectivity index (χ1) is 8.20. The van der Waals surface area contributed by atoms with Gasteiger partial charge in [-0.25, -0.2) is 8.78 Å². The van der Waals surface area contributed by atoms with Crippen molar-refractivity contribution >= 4 is 5.97 Å². The van der Waals surface area contributed by atoms with Crippen LogP contribution >= 0.6 is 0 Å². The number of carbonyl (C=O) groups is 1. The molecular formula is C8H7F8NO2. The van der Waals surface area contributed by atoms with E-state index in [-0.39, 0.29) is 6.92 Å². The average Bonchev–Trinajstić information content (AvgIpc) is 2.39. The van der Waals surface area contributed by atoms with Crippen LogP contribution < -0.4 is 5.32 Å². The van der Waals surface area contributed by atoms with Gasteiger partial charge in [-0.1, -0.05) is 0 Å². The molecule has 1 heterocycles. The van der Waals surface area contributed by atoms with Crippen LogP contribution in [0.4, 0.5) is 35.1 Å². The van der Waals surface area contributed by atoms with Crippen molar-refractivity contribution in [1.29, 1.82) is 0 Å². The quantitative estimate of drug-likeness (QED) is 0.628. The minimum atomic E-state index is -6.03. The number of nitrogens with one attached hydrogen (secondary N) is 1. The van der Waals surface area contributed by atoms with Gasteiger partial charge in [-0.3, -0.25) is 10.1 Å². The molecule has 1 saturated heterocycles. The molecule has 0 aromatic heterocycles. The normalized spacial score (nSPS) is 24.5. The van der Waals surface area contributed by atoms with Crippen molar-refractivity contribution in [3.05, 3.63) is 0 Å². The van der Waals surface area contributed by atoms with E-state index >= 15 is 0 Å². The number of halogens is 8. The Morgan fingerprint density at radius 1 is 1.11 bits per heavy atom. The number of hydrogen-bond donors (Lipinski definition) is 1. The first-order valence-corrected chi connectivity index (χ1v) is 4.71. The number of cyclic esters (lactones) is 1. The molecule has 0 aromatic carbocycles. The van der Waals surface area contributed by atoms with E-state index in [1.54, 1.807) is 0 Å². The van der Waals surface area contributed by atoms with Gasteiger partial charge < -0.3 is 4.74 Å². The highest BCUT2D eigenvalue weighted by atomic mass is 19.4. The molecule has 0 aromatic rings. The van der Waals surface area contributed by atoms with E-state index in [1.165, 1.54) is 0 Å². The smallest absolute Gasteiger partial charge is 0.424 e. The zero-order valence-corrected chi connectivity index (χ0v) is 9.12. The van der Waals surface area contributed by atoms with Crippen LogP contribution in [0.25, 0.3) is 0 Å². The average molecular weight is 301 g/mol. The third-order valence-corrected chi connectivity index (χ3v) is 2.28. The Balaban J connectivity index is 3.11. The summed E-state index contributed by atoms with van der Waals surface area (Å²) in [5, 5.41) is 0.789. The van der Waals surface area contributed by atoms with Crippen LogP contribution in [0.1, 0.15) is 13.3 Å². The van der Waals surface area contributed by atoms with Gasteiger partial charge in [0.25, 0.3) is 0 Å². The molecule has 1 rings (SSSR count). The minimum Gasteiger partial charge on any atom is -0.424 e. The number of carbonyl (C=O) groups excluding carboxylic acids is 1. The standard InChI is InChI=1S/C8H7F8NO2/c1-5(9,10)2-3-4(18)19-6(17-3,7(11,12)13)8(14,15)16/h3,17H,2H2,1H3. The molecule has 0 saturated carbocycles. The Bertz CT molecular complexity index is 354. The van der Waals surface area contributed by atoms with Crippen LogP contribution in [-0.2, 0) is 9.53 Å². The van der Waals surface area contributed by atoms with Crippen molar-refractivity contribution in [2.75, 3.05) is 0 Å². The number of ether oxygens (including phenoxy) is 1. The maximum absolute atomic E-state index is 12.6. The maximum Gasteiger partial charge on any atom is 0.452 e. The lowest BCUT2D eigenvalue weighted by atomic mass is 10.1. The summed E-state index contributed by atoms with van der Waals surface area (Å²) in [5.41, 5.74) is -4.95. The SMILES string of the molecule is CC(F)(F)CC1NC(C(F)(F)F)(C(F)(F)F)OC1=O. The second kappa shape index (κ2) is 4.18. The van der Waals surface area contributed by atoms with Gasteiger partial charge in [0.2, 0.25) is 5.92 Å². The van der Waals surface area contributed by atoms with Crippen LogP contribution in [0.2, 0.25) is 0 Å². The molecular weight excluding hydrogens is 294 g/mol. The molecule has 0 radical (unpaired) electrons. The lowest BCUT2D eigenvalue weighted by molar-refractivity contribution is -0.369. The summed E-state index contributed by atoms with van der Waals surface area (Å²) in [6, 6.07) is -2.40. The lowest BCUT2D eigenvalue weighted by Gasteiger charge is -2.31. The summed E-state index contributed by atoms with van der Waals surface area (Å²) in [4.78, 5) is 10.9. The summed E-state index contributed by atoms with van der Waals surface area (Å²) in [6.45, 7) is 0.253. The summed E-state index contributed by atoms with van der Waals surface area (Å²) in [5.74, 6) is -5.67. The van der Waals surface area contributed by atoms with E-state index in [2.05, 4.69) is 4.74 Å². The molecule has 0 bridgehead atoms. The fourth-order valence-electron chi connectivity index (χ4n) is 1.49. The zero-order valence-electron chi connectivity index (χ0n) is 9.12. The highest BCUT2D eigenvalue weighted by Crippen LogP contribution is 2.47. The van der Waals surface area contributed by atoms with Crippen LogP contribution in [-0.4, -0.2) is 36.0 Å². The lowest BCUT2D eigenvalue weighted by Crippen LogP contribution is -2.65. The number of alkyl halides is 8. The van der Waals surface area contributed by atoms with Crippen LogP contribution in [0.3, 0.4) is 0 Å². The number of rotatable bonds is 2. The summed E-state index contributed by atoms with van der Waals surface area (Å²) >= 11 is 0. The maximum atomic E-state index is 12.6. The highest BCUT2D eigenvalue weighted by Gasteiger charge is 2.78. The monoisotopic (exact) mass is 301 g/mol. The fourth-order valence-corrected chi connectivity index (χ4v) is 1.49. The van der Waals surface area contributed by atoms with E-state index in [9.17, 15) is 39.9 Å². The number of hydrogen-bond acceptors (Lipinski definition) is 3. The van der Waals surface area contributed by atoms with Gasteiger partial charge in [0.05, 0.1) is 0 Å². The Morgan fingerprint density at radius 2 is 1.53 bits per heavy atom. The van der Waals surface area contributed by atoms with Crippen LogP contribution in [0.5, 0.6) is 0 Å². The molecule has 1 fully saturated rings. The molecule has 0 spiro atoms. The molecule has 0 aliphatic carbocycles. The second-order valence-corrected chi connectivity index (χ2v) is 4.07. The van der Waals surface area contributed by atoms with Gasteiger partial charge in [0.15, 0.2) is 0 Å². The minimum absolute atomic E-state index is 0.253. The fraction of sp³-hybridized carbons (Fsp3) is 0.875. The van der Waals surface area contributed by atoms with Gasteiger partial charge in [0, 0.05) is 6.42 Å². The predicted molar refractivity (Wildman–Crippen MR) is 43.1 cm³/mol. The van der Waals surface area contributed by atoms with Crippen molar-refractivity contribution in [3.8, 4) is 0 Å². The second-order valence-electron chi connectivity index (χ2n) is 4.07. The third kappa shape index (κ3) is 2.90. The molecule has 11 heteroatoms. The zero-order chi connectivity index (χ0) is 15.3. The molecule has 1 unspecified atom stereocenters. The predicted octanol–water partition coefficient (Wildman–Crippen LogP) is 2.37. The van der Waals surface area contributed by atoms with Gasteiger partial charge in [-0.2, -0.15) is 26.3 Å². The molecule has 0 amide bonds. The summed E-state index contributed by atoms with van der Waals surface area (Å²) < 4.78 is 103. The van der Waals surface area contributed by atoms with Crippen molar-refractivity contribution < 1.29 is 44.7 Å². The largest absolute Gasteiger partial charge is 0.452 e. The molecule has 3 nitrogen and oxygen atoms in total. The highest BCUT2D eigenvalue weighted by molar-refractivity contribution is 5.78. The molecule has 1 aliphatic heterocycles. The van der Waals surface area contributed by atoms with E-state index < -0.39 is 42.4 Å². The Hall–Kier alpha value is -1.13. The third-order valence-electron chi connectivity index (χ3n) is 2.28. The van der Waals surface area contributed by atoms with E-state index in [0.29, 0.717) is 0 Å². The molecule has 1 atom stereocenters. The van der Waals surface area contributed by atoms with Crippen molar-refractivity contribution in [2.45, 2.75) is 43.4 Å². The molecule has 19 heavy (non-hydrogen) atoms. The first-order valence-electron chi connectivity index (χ1n) is 4.71. The molecule has 112 valence electrons. The summed E-state index contributed by atoms with van der Waals surface area (Å²) in [7, 11) is 0. The molecule has 1 aliphatic rings. The van der Waals surface area contributed by atoms with E-state index in [1.807, 2.05) is 0 Å². The van der Waals surface area contributed by atoms with Crippen LogP contribution in [0.15, 0.2) is 0 Å². The van der Waals surface area contributed by atoms with Crippen molar-refractivity contribution in [3.63, 3.8) is 0 Å².